The molecule has 0 saturated heterocycles. The molecule has 1 aliphatic rings. The van der Waals surface area contributed by atoms with Gasteiger partial charge in [-0.25, -0.2) is 13.4 Å². The zero-order chi connectivity index (χ0) is 22.0. The Hall–Kier alpha value is -2.36. The third kappa shape index (κ3) is 5.11. The van der Waals surface area contributed by atoms with Gasteiger partial charge in [0.2, 0.25) is 10.0 Å². The van der Waals surface area contributed by atoms with Crippen LogP contribution in [0.2, 0.25) is 0 Å². The largest absolute Gasteiger partial charge is 0.497 e. The second kappa shape index (κ2) is 9.02. The third-order valence-corrected chi connectivity index (χ3v) is 7.29. The van der Waals surface area contributed by atoms with Crippen molar-refractivity contribution in [3.8, 4) is 5.75 Å². The van der Waals surface area contributed by atoms with Crippen molar-refractivity contribution in [1.82, 2.24) is 14.3 Å². The SMILES string of the molecule is COc1ccc(C[C@H]2CN(Cc3cnc[nH]3)c3ccc(Br)cc3CN2S(C)(=O)=O)cc1. The van der Waals surface area contributed by atoms with Crippen molar-refractivity contribution in [2.24, 2.45) is 0 Å². The number of halogens is 1. The molecule has 0 unspecified atom stereocenters. The lowest BCUT2D eigenvalue weighted by molar-refractivity contribution is 0.320. The average molecular weight is 505 g/mol. The number of aromatic amines is 1. The van der Waals surface area contributed by atoms with Gasteiger partial charge in [-0.2, -0.15) is 4.31 Å². The maximum Gasteiger partial charge on any atom is 0.211 e. The Labute approximate surface area is 191 Å². The topological polar surface area (TPSA) is 78.5 Å². The van der Waals surface area contributed by atoms with Crippen LogP contribution in [0.3, 0.4) is 0 Å². The summed E-state index contributed by atoms with van der Waals surface area (Å²) in [4.78, 5) is 9.52. The van der Waals surface area contributed by atoms with Crippen LogP contribution in [0, 0.1) is 0 Å². The number of nitrogens with one attached hydrogen (secondary N) is 1. The summed E-state index contributed by atoms with van der Waals surface area (Å²) in [6.07, 6.45) is 5.35. The molecular weight excluding hydrogens is 480 g/mol. The summed E-state index contributed by atoms with van der Waals surface area (Å²) in [7, 11) is -1.79. The number of methoxy groups -OCH3 is 1. The van der Waals surface area contributed by atoms with Crippen molar-refractivity contribution in [2.45, 2.75) is 25.6 Å². The monoisotopic (exact) mass is 504 g/mol. The molecule has 9 heteroatoms. The highest BCUT2D eigenvalue weighted by molar-refractivity contribution is 9.10. The molecule has 0 saturated carbocycles. The molecule has 1 aliphatic heterocycles. The van der Waals surface area contributed by atoms with Crippen LogP contribution in [0.25, 0.3) is 0 Å². The van der Waals surface area contributed by atoms with Gasteiger partial charge < -0.3 is 14.6 Å². The van der Waals surface area contributed by atoms with Crippen molar-refractivity contribution >= 4 is 31.6 Å². The lowest BCUT2D eigenvalue weighted by Crippen LogP contribution is -2.45. The zero-order valence-electron chi connectivity index (χ0n) is 17.5. The molecule has 164 valence electrons. The molecule has 2 heterocycles. The fourth-order valence-corrected chi connectivity index (χ4v) is 5.51. The second-order valence-corrected chi connectivity index (χ2v) is 10.6. The van der Waals surface area contributed by atoms with Gasteiger partial charge in [-0.05, 0) is 47.9 Å². The third-order valence-electron chi connectivity index (χ3n) is 5.52. The Balaban J connectivity index is 1.72. The van der Waals surface area contributed by atoms with Gasteiger partial charge in [-0.3, -0.25) is 0 Å². The molecule has 1 aromatic heterocycles. The molecule has 7 nitrogen and oxygen atoms in total. The van der Waals surface area contributed by atoms with Gasteiger partial charge >= 0.3 is 0 Å². The van der Waals surface area contributed by atoms with E-state index in [4.69, 9.17) is 4.74 Å². The fraction of sp³-hybridized carbons (Fsp3) is 0.318. The van der Waals surface area contributed by atoms with Crippen molar-refractivity contribution in [3.05, 3.63) is 76.3 Å². The number of anilines is 1. The standard InChI is InChI=1S/C22H25BrN4O3S/c1-30-21-6-3-16(4-7-21)9-20-14-26(13-19-11-24-15-25-19)22-8-5-18(23)10-17(22)12-27(20)31(2,28)29/h3-8,10-11,15,20H,9,12-14H2,1-2H3,(H,24,25)/t20-/m0/s1. The molecule has 3 aromatic rings. The summed E-state index contributed by atoms with van der Waals surface area (Å²) in [5.74, 6) is 0.780. The zero-order valence-corrected chi connectivity index (χ0v) is 19.9. The summed E-state index contributed by atoms with van der Waals surface area (Å²) in [6, 6.07) is 13.6. The summed E-state index contributed by atoms with van der Waals surface area (Å²) < 4.78 is 33.4. The second-order valence-electron chi connectivity index (χ2n) is 7.74. The van der Waals surface area contributed by atoms with Crippen molar-refractivity contribution < 1.29 is 13.2 Å². The van der Waals surface area contributed by atoms with Gasteiger partial charge in [-0.15, -0.1) is 0 Å². The smallest absolute Gasteiger partial charge is 0.211 e. The number of imidazole rings is 1. The molecule has 1 N–H and O–H groups in total. The number of benzene rings is 2. The summed E-state index contributed by atoms with van der Waals surface area (Å²) in [6.45, 7) is 1.51. The number of hydrogen-bond acceptors (Lipinski definition) is 5. The van der Waals surface area contributed by atoms with E-state index in [-0.39, 0.29) is 6.04 Å². The summed E-state index contributed by atoms with van der Waals surface area (Å²) in [5, 5.41) is 0. The minimum Gasteiger partial charge on any atom is -0.497 e. The van der Waals surface area contributed by atoms with Crippen molar-refractivity contribution in [3.63, 3.8) is 0 Å². The molecule has 0 spiro atoms. The normalized spacial score (nSPS) is 17.3. The van der Waals surface area contributed by atoms with Gasteiger partial charge in [0.15, 0.2) is 0 Å². The number of nitrogens with zero attached hydrogens (tertiary/aromatic N) is 3. The van der Waals surface area contributed by atoms with E-state index >= 15 is 0 Å². The minimum absolute atomic E-state index is 0.225. The van der Waals surface area contributed by atoms with Crippen LogP contribution in [-0.4, -0.2) is 48.6 Å². The van der Waals surface area contributed by atoms with E-state index in [1.807, 2.05) is 42.5 Å². The van der Waals surface area contributed by atoms with Gasteiger partial charge in [0.1, 0.15) is 5.75 Å². The predicted octanol–water partition coefficient (Wildman–Crippen LogP) is 3.57. The van der Waals surface area contributed by atoms with E-state index in [9.17, 15) is 8.42 Å². The number of ether oxygens (including phenoxy) is 1. The Bertz CT molecular complexity index is 1130. The van der Waals surface area contributed by atoms with Gasteiger partial charge in [0, 0.05) is 35.5 Å². The lowest BCUT2D eigenvalue weighted by atomic mass is 10.1. The lowest BCUT2D eigenvalue weighted by Gasteiger charge is -2.31. The highest BCUT2D eigenvalue weighted by atomic mass is 79.9. The van der Waals surface area contributed by atoms with E-state index in [1.165, 1.54) is 6.26 Å². The first-order chi connectivity index (χ1) is 14.8. The molecule has 0 radical (unpaired) electrons. The summed E-state index contributed by atoms with van der Waals surface area (Å²) in [5.41, 5.74) is 4.04. The van der Waals surface area contributed by atoms with Crippen LogP contribution in [-0.2, 0) is 29.5 Å². The van der Waals surface area contributed by atoms with Crippen molar-refractivity contribution in [1.29, 1.82) is 0 Å². The van der Waals surface area contributed by atoms with Crippen LogP contribution in [0.4, 0.5) is 5.69 Å². The molecular formula is C22H25BrN4O3S. The van der Waals surface area contributed by atoms with Crippen LogP contribution in [0.5, 0.6) is 5.75 Å². The molecule has 0 bridgehead atoms. The van der Waals surface area contributed by atoms with Crippen LogP contribution >= 0.6 is 15.9 Å². The Morgan fingerprint density at radius 1 is 1.23 bits per heavy atom. The van der Waals surface area contributed by atoms with Crippen LogP contribution in [0.1, 0.15) is 16.8 Å². The van der Waals surface area contributed by atoms with E-state index in [0.717, 1.165) is 32.7 Å². The molecule has 2 aromatic carbocycles. The minimum atomic E-state index is -3.43. The average Bonchev–Trinajstić information content (AvgIpc) is 3.18. The number of H-pyrrole nitrogens is 1. The van der Waals surface area contributed by atoms with E-state index in [1.54, 1.807) is 23.9 Å². The number of sulfonamides is 1. The van der Waals surface area contributed by atoms with Gasteiger partial charge in [0.25, 0.3) is 0 Å². The first kappa shape index (κ1) is 21.9. The molecule has 31 heavy (non-hydrogen) atoms. The molecule has 1 atom stereocenters. The van der Waals surface area contributed by atoms with Gasteiger partial charge in [0.05, 0.1) is 31.9 Å². The molecule has 0 amide bonds. The van der Waals surface area contributed by atoms with Crippen LogP contribution < -0.4 is 9.64 Å². The highest BCUT2D eigenvalue weighted by Crippen LogP contribution is 2.33. The maximum absolute atomic E-state index is 12.8. The first-order valence-electron chi connectivity index (χ1n) is 9.94. The van der Waals surface area contributed by atoms with E-state index in [2.05, 4.69) is 30.8 Å². The van der Waals surface area contributed by atoms with E-state index in [0.29, 0.717) is 26.1 Å². The fourth-order valence-electron chi connectivity index (χ4n) is 4.04. The Morgan fingerprint density at radius 2 is 2.00 bits per heavy atom. The Morgan fingerprint density at radius 3 is 2.65 bits per heavy atom. The van der Waals surface area contributed by atoms with Crippen LogP contribution in [0.15, 0.2) is 59.5 Å². The number of fused-ring (bicyclic) bond motifs is 1. The molecule has 0 aliphatic carbocycles. The summed E-state index contributed by atoms with van der Waals surface area (Å²) >= 11 is 3.53. The molecule has 0 fully saturated rings. The number of aromatic nitrogens is 2. The van der Waals surface area contributed by atoms with E-state index < -0.39 is 10.0 Å². The quantitative estimate of drug-likeness (QED) is 0.554. The maximum atomic E-state index is 12.8. The van der Waals surface area contributed by atoms with Gasteiger partial charge in [-0.1, -0.05) is 28.1 Å². The Kier molecular flexibility index (Phi) is 6.36. The van der Waals surface area contributed by atoms with Crippen molar-refractivity contribution in [2.75, 3.05) is 24.8 Å². The highest BCUT2D eigenvalue weighted by Gasteiger charge is 2.33. The number of hydrogen-bond donors (Lipinski definition) is 1. The first-order valence-corrected chi connectivity index (χ1v) is 12.6. The molecule has 4 rings (SSSR count). The number of rotatable bonds is 6. The predicted molar refractivity (Wildman–Crippen MR) is 125 cm³/mol.